The zero-order valence-corrected chi connectivity index (χ0v) is 6.64. The number of rotatable bonds is 2. The molecule has 1 aliphatic rings. The summed E-state index contributed by atoms with van der Waals surface area (Å²) in [7, 11) is 0. The molecule has 0 bridgehead atoms. The maximum Gasteiger partial charge on any atom is 0.0462 e. The highest BCUT2D eigenvalue weighted by Gasteiger charge is 2.21. The number of aliphatic hydroxyl groups excluding tert-OH is 1. The lowest BCUT2D eigenvalue weighted by Gasteiger charge is -2.29. The SMILES string of the molecule is CCC1CNCCC1CO. The van der Waals surface area contributed by atoms with E-state index in [2.05, 4.69) is 12.2 Å². The molecule has 0 amide bonds. The monoisotopic (exact) mass is 143 g/mol. The lowest BCUT2D eigenvalue weighted by atomic mass is 9.85. The van der Waals surface area contributed by atoms with E-state index in [-0.39, 0.29) is 0 Å². The third-order valence-corrected chi connectivity index (χ3v) is 2.52. The van der Waals surface area contributed by atoms with Crippen LogP contribution in [0.2, 0.25) is 0 Å². The van der Waals surface area contributed by atoms with Crippen LogP contribution in [-0.2, 0) is 0 Å². The number of hydrogen-bond donors (Lipinski definition) is 2. The molecule has 0 aromatic carbocycles. The van der Waals surface area contributed by atoms with E-state index in [1.54, 1.807) is 0 Å². The molecule has 1 fully saturated rings. The van der Waals surface area contributed by atoms with Crippen LogP contribution in [0.1, 0.15) is 19.8 Å². The molecule has 0 saturated carbocycles. The lowest BCUT2D eigenvalue weighted by molar-refractivity contribution is 0.141. The average molecular weight is 143 g/mol. The minimum Gasteiger partial charge on any atom is -0.396 e. The van der Waals surface area contributed by atoms with Gasteiger partial charge in [0, 0.05) is 6.61 Å². The average Bonchev–Trinajstić information content (AvgIpc) is 2.04. The number of piperidine rings is 1. The Hall–Kier alpha value is -0.0800. The third kappa shape index (κ3) is 1.70. The van der Waals surface area contributed by atoms with Gasteiger partial charge in [0.15, 0.2) is 0 Å². The highest BCUT2D eigenvalue weighted by molar-refractivity contribution is 4.76. The normalized spacial score (nSPS) is 34.2. The van der Waals surface area contributed by atoms with Crippen molar-refractivity contribution < 1.29 is 5.11 Å². The van der Waals surface area contributed by atoms with E-state index in [9.17, 15) is 0 Å². The summed E-state index contributed by atoms with van der Waals surface area (Å²) in [5.41, 5.74) is 0. The van der Waals surface area contributed by atoms with Gasteiger partial charge in [0.2, 0.25) is 0 Å². The van der Waals surface area contributed by atoms with Gasteiger partial charge in [0.05, 0.1) is 0 Å². The molecule has 0 aromatic rings. The van der Waals surface area contributed by atoms with Crippen molar-refractivity contribution in [2.45, 2.75) is 19.8 Å². The topological polar surface area (TPSA) is 32.3 Å². The van der Waals surface area contributed by atoms with Gasteiger partial charge in [0.25, 0.3) is 0 Å². The van der Waals surface area contributed by atoms with Gasteiger partial charge in [-0.1, -0.05) is 13.3 Å². The first-order chi connectivity index (χ1) is 4.88. The van der Waals surface area contributed by atoms with Crippen molar-refractivity contribution in [3.05, 3.63) is 0 Å². The van der Waals surface area contributed by atoms with Crippen LogP contribution in [0.25, 0.3) is 0 Å². The van der Waals surface area contributed by atoms with Crippen molar-refractivity contribution in [1.29, 1.82) is 0 Å². The molecule has 0 radical (unpaired) electrons. The molecular formula is C8H17NO. The molecule has 1 aliphatic heterocycles. The van der Waals surface area contributed by atoms with Crippen LogP contribution in [0.3, 0.4) is 0 Å². The summed E-state index contributed by atoms with van der Waals surface area (Å²) < 4.78 is 0. The summed E-state index contributed by atoms with van der Waals surface area (Å²) in [6.07, 6.45) is 2.34. The first-order valence-electron chi connectivity index (χ1n) is 4.20. The van der Waals surface area contributed by atoms with E-state index < -0.39 is 0 Å². The summed E-state index contributed by atoms with van der Waals surface area (Å²) in [5, 5.41) is 12.3. The highest BCUT2D eigenvalue weighted by atomic mass is 16.3. The molecule has 1 saturated heterocycles. The Morgan fingerprint density at radius 2 is 2.30 bits per heavy atom. The van der Waals surface area contributed by atoms with Crippen molar-refractivity contribution in [1.82, 2.24) is 5.32 Å². The summed E-state index contributed by atoms with van der Waals surface area (Å²) in [5.74, 6) is 1.27. The van der Waals surface area contributed by atoms with Gasteiger partial charge in [-0.05, 0) is 31.3 Å². The van der Waals surface area contributed by atoms with E-state index in [1.165, 1.54) is 6.42 Å². The Morgan fingerprint density at radius 3 is 2.80 bits per heavy atom. The zero-order valence-electron chi connectivity index (χ0n) is 6.64. The Kier molecular flexibility index (Phi) is 3.16. The van der Waals surface area contributed by atoms with Crippen molar-refractivity contribution in [2.24, 2.45) is 11.8 Å². The Labute approximate surface area is 62.6 Å². The van der Waals surface area contributed by atoms with Crippen LogP contribution in [0.4, 0.5) is 0 Å². The Bertz CT molecular complexity index is 83.3. The fourth-order valence-corrected chi connectivity index (χ4v) is 1.70. The Morgan fingerprint density at radius 1 is 1.50 bits per heavy atom. The van der Waals surface area contributed by atoms with Gasteiger partial charge in [-0.2, -0.15) is 0 Å². The quantitative estimate of drug-likeness (QED) is 0.593. The van der Waals surface area contributed by atoms with E-state index in [4.69, 9.17) is 5.11 Å². The molecule has 2 heteroatoms. The number of hydrogen-bond acceptors (Lipinski definition) is 2. The zero-order chi connectivity index (χ0) is 7.40. The summed E-state index contributed by atoms with van der Waals surface area (Å²) >= 11 is 0. The molecule has 1 heterocycles. The van der Waals surface area contributed by atoms with Gasteiger partial charge in [-0.15, -0.1) is 0 Å². The van der Waals surface area contributed by atoms with Crippen molar-refractivity contribution in [3.63, 3.8) is 0 Å². The second-order valence-corrected chi connectivity index (χ2v) is 3.10. The molecule has 2 unspecified atom stereocenters. The minimum absolute atomic E-state index is 0.375. The van der Waals surface area contributed by atoms with Crippen LogP contribution in [-0.4, -0.2) is 24.8 Å². The molecule has 0 aromatic heterocycles. The van der Waals surface area contributed by atoms with E-state index in [0.717, 1.165) is 19.5 Å². The predicted octanol–water partition coefficient (Wildman–Crippen LogP) is 0.614. The third-order valence-electron chi connectivity index (χ3n) is 2.52. The van der Waals surface area contributed by atoms with Crippen LogP contribution >= 0.6 is 0 Å². The molecule has 1 rings (SSSR count). The molecule has 60 valence electrons. The Balaban J connectivity index is 2.34. The minimum atomic E-state index is 0.375. The van der Waals surface area contributed by atoms with Crippen molar-refractivity contribution >= 4 is 0 Å². The van der Waals surface area contributed by atoms with Crippen LogP contribution in [0, 0.1) is 11.8 Å². The molecule has 2 N–H and O–H groups in total. The standard InChI is InChI=1S/C8H17NO/c1-2-7-5-9-4-3-8(7)6-10/h7-10H,2-6H2,1H3. The second-order valence-electron chi connectivity index (χ2n) is 3.10. The van der Waals surface area contributed by atoms with E-state index >= 15 is 0 Å². The molecule has 2 nitrogen and oxygen atoms in total. The number of aliphatic hydroxyl groups is 1. The summed E-state index contributed by atoms with van der Waals surface area (Å²) in [6, 6.07) is 0. The fourth-order valence-electron chi connectivity index (χ4n) is 1.70. The van der Waals surface area contributed by atoms with Gasteiger partial charge in [-0.25, -0.2) is 0 Å². The molecular weight excluding hydrogens is 126 g/mol. The van der Waals surface area contributed by atoms with Gasteiger partial charge >= 0.3 is 0 Å². The largest absolute Gasteiger partial charge is 0.396 e. The lowest BCUT2D eigenvalue weighted by Crippen LogP contribution is -2.37. The maximum atomic E-state index is 8.96. The molecule has 2 atom stereocenters. The van der Waals surface area contributed by atoms with Crippen molar-refractivity contribution in [3.8, 4) is 0 Å². The molecule has 10 heavy (non-hydrogen) atoms. The molecule has 0 aliphatic carbocycles. The second kappa shape index (κ2) is 3.94. The first-order valence-corrected chi connectivity index (χ1v) is 4.20. The van der Waals surface area contributed by atoms with E-state index in [0.29, 0.717) is 18.4 Å². The highest BCUT2D eigenvalue weighted by Crippen LogP contribution is 2.20. The van der Waals surface area contributed by atoms with Gasteiger partial charge in [0.1, 0.15) is 0 Å². The van der Waals surface area contributed by atoms with Crippen LogP contribution in [0.5, 0.6) is 0 Å². The van der Waals surface area contributed by atoms with E-state index in [1.807, 2.05) is 0 Å². The van der Waals surface area contributed by atoms with Crippen molar-refractivity contribution in [2.75, 3.05) is 19.7 Å². The first kappa shape index (κ1) is 8.02. The van der Waals surface area contributed by atoms with Gasteiger partial charge < -0.3 is 10.4 Å². The summed E-state index contributed by atoms with van der Waals surface area (Å²) in [6.45, 7) is 4.75. The fraction of sp³-hybridized carbons (Fsp3) is 1.00. The molecule has 0 spiro atoms. The predicted molar refractivity (Wildman–Crippen MR) is 41.8 cm³/mol. The number of nitrogens with one attached hydrogen (secondary N) is 1. The summed E-state index contributed by atoms with van der Waals surface area (Å²) in [4.78, 5) is 0. The maximum absolute atomic E-state index is 8.96. The van der Waals surface area contributed by atoms with Gasteiger partial charge in [-0.3, -0.25) is 0 Å². The smallest absolute Gasteiger partial charge is 0.0462 e. The van der Waals surface area contributed by atoms with Crippen LogP contribution in [0.15, 0.2) is 0 Å². The van der Waals surface area contributed by atoms with Crippen LogP contribution < -0.4 is 5.32 Å².